The second-order valence-electron chi connectivity index (χ2n) is 6.79. The predicted molar refractivity (Wildman–Crippen MR) is 90.1 cm³/mol. The van der Waals surface area contributed by atoms with Gasteiger partial charge in [0.05, 0.1) is 0 Å². The fourth-order valence-electron chi connectivity index (χ4n) is 3.12. The first-order chi connectivity index (χ1) is 11.9. The van der Waals surface area contributed by atoms with Crippen LogP contribution >= 0.6 is 0 Å². The molecule has 1 fully saturated rings. The van der Waals surface area contributed by atoms with Gasteiger partial charge in [-0.25, -0.2) is 14.3 Å². The number of esters is 1. The van der Waals surface area contributed by atoms with Crippen LogP contribution in [0.5, 0.6) is 0 Å². The van der Waals surface area contributed by atoms with E-state index in [4.69, 9.17) is 4.74 Å². The molecule has 0 unspecified atom stereocenters. The molecule has 1 N–H and O–H groups in total. The van der Waals surface area contributed by atoms with Crippen LogP contribution in [0.25, 0.3) is 5.78 Å². The number of nitrogens with one attached hydrogen (secondary N) is 1. The Kier molecular flexibility index (Phi) is 4.96. The third kappa shape index (κ3) is 4.12. The van der Waals surface area contributed by atoms with Crippen LogP contribution in [0.1, 0.15) is 54.6 Å². The van der Waals surface area contributed by atoms with E-state index in [1.165, 1.54) is 4.52 Å². The van der Waals surface area contributed by atoms with E-state index in [-0.39, 0.29) is 24.4 Å². The van der Waals surface area contributed by atoms with Crippen molar-refractivity contribution < 1.29 is 14.3 Å². The van der Waals surface area contributed by atoms with Gasteiger partial charge in [0, 0.05) is 17.4 Å². The highest BCUT2D eigenvalue weighted by atomic mass is 16.5. The Balaban J connectivity index is 1.55. The van der Waals surface area contributed by atoms with Crippen LogP contribution in [0, 0.1) is 19.8 Å². The van der Waals surface area contributed by atoms with Gasteiger partial charge in [-0.3, -0.25) is 4.79 Å². The van der Waals surface area contributed by atoms with Gasteiger partial charge in [0.15, 0.2) is 6.61 Å². The molecule has 25 heavy (non-hydrogen) atoms. The predicted octanol–water partition coefficient (Wildman–Crippen LogP) is 1.59. The molecule has 3 rings (SSSR count). The molecule has 134 valence electrons. The molecule has 0 radical (unpaired) electrons. The van der Waals surface area contributed by atoms with Crippen LogP contribution in [0.3, 0.4) is 0 Å². The van der Waals surface area contributed by atoms with Gasteiger partial charge in [-0.1, -0.05) is 6.92 Å². The molecule has 0 atom stereocenters. The number of ether oxygens (including phenoxy) is 1. The van der Waals surface area contributed by atoms with E-state index in [0.29, 0.717) is 11.7 Å². The zero-order valence-electron chi connectivity index (χ0n) is 14.8. The van der Waals surface area contributed by atoms with Crippen LogP contribution < -0.4 is 5.32 Å². The number of hydrogen-bond acceptors (Lipinski definition) is 6. The molecule has 1 saturated carbocycles. The van der Waals surface area contributed by atoms with Gasteiger partial charge in [-0.15, -0.1) is 5.10 Å². The van der Waals surface area contributed by atoms with Gasteiger partial charge in [-0.05, 0) is 51.5 Å². The summed E-state index contributed by atoms with van der Waals surface area (Å²) in [5.74, 6) is -0.0599. The van der Waals surface area contributed by atoms with Crippen LogP contribution in [0.15, 0.2) is 6.07 Å². The monoisotopic (exact) mass is 345 g/mol. The third-order valence-electron chi connectivity index (χ3n) is 4.52. The largest absolute Gasteiger partial charge is 0.450 e. The summed E-state index contributed by atoms with van der Waals surface area (Å²) in [6, 6.07) is 2.01. The molecule has 2 heterocycles. The van der Waals surface area contributed by atoms with Crippen LogP contribution in [-0.2, 0) is 9.53 Å². The van der Waals surface area contributed by atoms with E-state index in [0.717, 1.165) is 37.1 Å². The number of nitrogens with zero attached hydrogens (tertiary/aromatic N) is 4. The maximum atomic E-state index is 12.1. The summed E-state index contributed by atoms with van der Waals surface area (Å²) in [5, 5.41) is 7.01. The summed E-state index contributed by atoms with van der Waals surface area (Å²) < 4.78 is 6.51. The van der Waals surface area contributed by atoms with Crippen molar-refractivity contribution in [1.29, 1.82) is 0 Å². The van der Waals surface area contributed by atoms with Gasteiger partial charge in [0.25, 0.3) is 17.5 Å². The number of aromatic nitrogens is 4. The van der Waals surface area contributed by atoms with E-state index < -0.39 is 5.97 Å². The minimum absolute atomic E-state index is 0.0968. The van der Waals surface area contributed by atoms with Gasteiger partial charge in [-0.2, -0.15) is 4.98 Å². The highest BCUT2D eigenvalue weighted by molar-refractivity contribution is 5.88. The lowest BCUT2D eigenvalue weighted by atomic mass is 9.87. The standard InChI is InChI=1S/C17H23N5O3/c1-10-4-6-13(7-5-10)19-14(23)9-25-16(24)15-20-17-18-11(2)8-12(3)22(17)21-15/h8,10,13H,4-7,9H2,1-3H3,(H,19,23). The summed E-state index contributed by atoms with van der Waals surface area (Å²) >= 11 is 0. The lowest BCUT2D eigenvalue weighted by molar-refractivity contribution is -0.125. The van der Waals surface area contributed by atoms with Crippen molar-refractivity contribution in [3.05, 3.63) is 23.3 Å². The first-order valence-electron chi connectivity index (χ1n) is 8.60. The SMILES string of the molecule is Cc1cc(C)n2nc(C(=O)OCC(=O)NC3CCC(C)CC3)nc2n1. The van der Waals surface area contributed by atoms with Crippen molar-refractivity contribution in [2.45, 2.75) is 52.5 Å². The molecular weight excluding hydrogens is 322 g/mol. The van der Waals surface area contributed by atoms with E-state index in [1.807, 2.05) is 19.9 Å². The summed E-state index contributed by atoms with van der Waals surface area (Å²) in [7, 11) is 0. The molecule has 2 aromatic heterocycles. The number of amides is 1. The van der Waals surface area contributed by atoms with Gasteiger partial charge in [0.1, 0.15) is 0 Å². The Bertz CT molecular complexity index is 793. The van der Waals surface area contributed by atoms with Gasteiger partial charge >= 0.3 is 5.97 Å². The third-order valence-corrected chi connectivity index (χ3v) is 4.52. The molecule has 0 saturated heterocycles. The zero-order chi connectivity index (χ0) is 18.0. The lowest BCUT2D eigenvalue weighted by Gasteiger charge is -2.26. The second kappa shape index (κ2) is 7.16. The molecule has 0 spiro atoms. The molecular formula is C17H23N5O3. The van der Waals surface area contributed by atoms with Gasteiger partial charge in [0.2, 0.25) is 0 Å². The molecule has 1 aliphatic rings. The van der Waals surface area contributed by atoms with E-state index in [2.05, 4.69) is 27.3 Å². The Labute approximate surface area is 146 Å². The van der Waals surface area contributed by atoms with Crippen molar-refractivity contribution in [2.75, 3.05) is 6.61 Å². The molecule has 1 amide bonds. The highest BCUT2D eigenvalue weighted by Gasteiger charge is 2.21. The second-order valence-corrected chi connectivity index (χ2v) is 6.79. The number of hydrogen-bond donors (Lipinski definition) is 1. The van der Waals surface area contributed by atoms with Crippen molar-refractivity contribution >= 4 is 17.7 Å². The number of carbonyl (C=O) groups is 2. The first-order valence-corrected chi connectivity index (χ1v) is 8.60. The molecule has 8 nitrogen and oxygen atoms in total. The van der Waals surface area contributed by atoms with Crippen molar-refractivity contribution in [3.63, 3.8) is 0 Å². The topological polar surface area (TPSA) is 98.5 Å². The van der Waals surface area contributed by atoms with Crippen LogP contribution in [0.4, 0.5) is 0 Å². The molecule has 8 heteroatoms. The fraction of sp³-hybridized carbons (Fsp3) is 0.588. The lowest BCUT2D eigenvalue weighted by Crippen LogP contribution is -2.39. The number of aryl methyl sites for hydroxylation is 2. The Morgan fingerprint density at radius 2 is 1.96 bits per heavy atom. The molecule has 0 aromatic carbocycles. The summed E-state index contributed by atoms with van der Waals surface area (Å²) in [5.41, 5.74) is 1.61. The zero-order valence-corrected chi connectivity index (χ0v) is 14.8. The smallest absolute Gasteiger partial charge is 0.378 e. The van der Waals surface area contributed by atoms with Crippen molar-refractivity contribution in [3.8, 4) is 0 Å². The summed E-state index contributed by atoms with van der Waals surface area (Å²) in [6.45, 7) is 5.59. The number of carbonyl (C=O) groups excluding carboxylic acids is 2. The maximum Gasteiger partial charge on any atom is 0.378 e. The highest BCUT2D eigenvalue weighted by Crippen LogP contribution is 2.23. The van der Waals surface area contributed by atoms with Crippen LogP contribution in [0.2, 0.25) is 0 Å². The van der Waals surface area contributed by atoms with Crippen LogP contribution in [-0.4, -0.2) is 44.1 Å². The quantitative estimate of drug-likeness (QED) is 0.845. The normalized spacial score (nSPS) is 20.4. The van der Waals surface area contributed by atoms with E-state index >= 15 is 0 Å². The number of fused-ring (bicyclic) bond motifs is 1. The van der Waals surface area contributed by atoms with Crippen molar-refractivity contribution in [1.82, 2.24) is 24.9 Å². The minimum Gasteiger partial charge on any atom is -0.450 e. The Morgan fingerprint density at radius 3 is 2.68 bits per heavy atom. The average Bonchev–Trinajstić information content (AvgIpc) is 2.99. The van der Waals surface area contributed by atoms with E-state index in [1.54, 1.807) is 0 Å². The van der Waals surface area contributed by atoms with Gasteiger partial charge < -0.3 is 10.1 Å². The fourth-order valence-corrected chi connectivity index (χ4v) is 3.12. The molecule has 0 aliphatic heterocycles. The first kappa shape index (κ1) is 17.3. The average molecular weight is 345 g/mol. The Morgan fingerprint density at radius 1 is 1.24 bits per heavy atom. The molecule has 1 aliphatic carbocycles. The molecule has 2 aromatic rings. The molecule has 0 bridgehead atoms. The Hall–Kier alpha value is -2.51. The van der Waals surface area contributed by atoms with Crippen molar-refractivity contribution in [2.24, 2.45) is 5.92 Å². The minimum atomic E-state index is -0.727. The van der Waals surface area contributed by atoms with E-state index in [9.17, 15) is 9.59 Å². The maximum absolute atomic E-state index is 12.1. The number of rotatable bonds is 4. The summed E-state index contributed by atoms with van der Waals surface area (Å²) in [4.78, 5) is 32.3. The summed E-state index contributed by atoms with van der Waals surface area (Å²) in [6.07, 6.45) is 4.17.